The van der Waals surface area contributed by atoms with Crippen LogP contribution in [0.2, 0.25) is 0 Å². The van der Waals surface area contributed by atoms with Crippen LogP contribution in [0, 0.1) is 6.92 Å². The van der Waals surface area contributed by atoms with Crippen LogP contribution < -0.4 is 14.4 Å². The summed E-state index contributed by atoms with van der Waals surface area (Å²) in [7, 11) is -2.66. The molecular weight excluding hydrogens is 490 g/mol. The standard InChI is InChI=1S/C28H33N3O5S/c1-5-36-26-14-10-9-13-25(26)31(37(34,35)24-17-15-21(2)16-18-24)20-27(32)30(22(3)28(33)29-4)19-23-11-7-6-8-12-23/h6-18,22H,5,19-20H2,1-4H3,(H,29,33)/t22-/m1/s1. The van der Waals surface area contributed by atoms with Crippen LogP contribution in [-0.2, 0) is 26.2 Å². The van der Waals surface area contributed by atoms with E-state index in [1.807, 2.05) is 37.3 Å². The number of likely N-dealkylation sites (N-methyl/N-ethyl adjacent to an activating group) is 1. The van der Waals surface area contributed by atoms with E-state index in [0.29, 0.717) is 12.4 Å². The summed E-state index contributed by atoms with van der Waals surface area (Å²) in [6, 6.07) is 21.5. The van der Waals surface area contributed by atoms with Crippen molar-refractivity contribution in [3.8, 4) is 5.75 Å². The van der Waals surface area contributed by atoms with Crippen molar-refractivity contribution in [3.63, 3.8) is 0 Å². The number of nitrogens with one attached hydrogen (secondary N) is 1. The molecule has 9 heteroatoms. The van der Waals surface area contributed by atoms with Gasteiger partial charge in [0.05, 0.1) is 17.2 Å². The van der Waals surface area contributed by atoms with Crippen LogP contribution in [0.4, 0.5) is 5.69 Å². The van der Waals surface area contributed by atoms with E-state index >= 15 is 0 Å². The molecule has 0 saturated heterocycles. The van der Waals surface area contributed by atoms with Gasteiger partial charge in [-0.2, -0.15) is 0 Å². The quantitative estimate of drug-likeness (QED) is 0.413. The Morgan fingerprint density at radius 3 is 2.19 bits per heavy atom. The Kier molecular flexibility index (Phi) is 9.30. The number of nitrogens with zero attached hydrogens (tertiary/aromatic N) is 2. The summed E-state index contributed by atoms with van der Waals surface area (Å²) in [5.74, 6) is -0.545. The van der Waals surface area contributed by atoms with Crippen LogP contribution >= 0.6 is 0 Å². The van der Waals surface area contributed by atoms with Gasteiger partial charge in [0.15, 0.2) is 0 Å². The van der Waals surface area contributed by atoms with Gasteiger partial charge < -0.3 is 15.0 Å². The number of anilines is 1. The molecule has 3 aromatic rings. The van der Waals surface area contributed by atoms with Crippen molar-refractivity contribution in [2.24, 2.45) is 0 Å². The predicted octanol–water partition coefficient (Wildman–Crippen LogP) is 3.75. The molecule has 0 bridgehead atoms. The van der Waals surface area contributed by atoms with E-state index in [9.17, 15) is 18.0 Å². The lowest BCUT2D eigenvalue weighted by Gasteiger charge is -2.32. The molecule has 0 spiro atoms. The first-order chi connectivity index (χ1) is 17.7. The fraction of sp³-hybridized carbons (Fsp3) is 0.286. The van der Waals surface area contributed by atoms with Crippen LogP contribution in [0.1, 0.15) is 25.0 Å². The van der Waals surface area contributed by atoms with Crippen molar-refractivity contribution in [1.82, 2.24) is 10.2 Å². The smallest absolute Gasteiger partial charge is 0.264 e. The van der Waals surface area contributed by atoms with Gasteiger partial charge in [-0.15, -0.1) is 0 Å². The summed E-state index contributed by atoms with van der Waals surface area (Å²) in [6.07, 6.45) is 0. The fourth-order valence-corrected chi connectivity index (χ4v) is 5.29. The van der Waals surface area contributed by atoms with Crippen LogP contribution in [0.15, 0.2) is 83.8 Å². The molecule has 37 heavy (non-hydrogen) atoms. The maximum absolute atomic E-state index is 13.9. The summed E-state index contributed by atoms with van der Waals surface area (Å²) < 4.78 is 34.6. The highest BCUT2D eigenvalue weighted by Crippen LogP contribution is 2.33. The summed E-state index contributed by atoms with van der Waals surface area (Å²) in [4.78, 5) is 27.8. The molecule has 1 atom stereocenters. The molecule has 3 rings (SSSR count). The van der Waals surface area contributed by atoms with Crippen LogP contribution in [0.25, 0.3) is 0 Å². The van der Waals surface area contributed by atoms with E-state index in [2.05, 4.69) is 5.32 Å². The normalized spacial score (nSPS) is 11.9. The first-order valence-electron chi connectivity index (χ1n) is 12.0. The SMILES string of the molecule is CCOc1ccccc1N(CC(=O)N(Cc1ccccc1)[C@H](C)C(=O)NC)S(=O)(=O)c1ccc(C)cc1. The van der Waals surface area contributed by atoms with Gasteiger partial charge in [-0.3, -0.25) is 13.9 Å². The summed E-state index contributed by atoms with van der Waals surface area (Å²) in [6.45, 7) is 5.22. The molecule has 0 fully saturated rings. The van der Waals surface area contributed by atoms with E-state index in [4.69, 9.17) is 4.74 Å². The number of rotatable bonds is 11. The fourth-order valence-electron chi connectivity index (χ4n) is 3.86. The maximum Gasteiger partial charge on any atom is 0.264 e. The minimum absolute atomic E-state index is 0.0474. The molecule has 196 valence electrons. The van der Waals surface area contributed by atoms with Crippen LogP contribution in [0.3, 0.4) is 0 Å². The number of aryl methyl sites for hydroxylation is 1. The number of carbonyl (C=O) groups excluding carboxylic acids is 2. The Bertz CT molecular complexity index is 1310. The third kappa shape index (κ3) is 6.68. The maximum atomic E-state index is 13.9. The molecule has 0 aliphatic heterocycles. The van der Waals surface area contributed by atoms with Gasteiger partial charge >= 0.3 is 0 Å². The Morgan fingerprint density at radius 1 is 0.946 bits per heavy atom. The van der Waals surface area contributed by atoms with Crippen LogP contribution in [-0.4, -0.2) is 51.4 Å². The number of carbonyl (C=O) groups is 2. The number of para-hydroxylation sites is 2. The molecule has 1 N–H and O–H groups in total. The van der Waals surface area contributed by atoms with E-state index in [1.165, 1.54) is 24.1 Å². The molecule has 0 aromatic heterocycles. The first kappa shape index (κ1) is 27.7. The zero-order chi connectivity index (χ0) is 27.0. The van der Waals surface area contributed by atoms with Gasteiger partial charge in [0.25, 0.3) is 10.0 Å². The molecule has 0 aliphatic rings. The number of amides is 2. The molecular formula is C28H33N3O5S. The minimum Gasteiger partial charge on any atom is -0.492 e. The van der Waals surface area contributed by atoms with E-state index in [0.717, 1.165) is 15.4 Å². The molecule has 0 saturated carbocycles. The summed E-state index contributed by atoms with van der Waals surface area (Å²) in [5, 5.41) is 2.57. The average molecular weight is 524 g/mol. The first-order valence-corrected chi connectivity index (χ1v) is 13.5. The van der Waals surface area contributed by atoms with Crippen molar-refractivity contribution in [1.29, 1.82) is 0 Å². The molecule has 2 amide bonds. The van der Waals surface area contributed by atoms with E-state index < -0.39 is 28.5 Å². The molecule has 0 heterocycles. The number of benzene rings is 3. The lowest BCUT2D eigenvalue weighted by Crippen LogP contribution is -2.50. The van der Waals surface area contributed by atoms with Gasteiger partial charge in [0, 0.05) is 13.6 Å². The molecule has 8 nitrogen and oxygen atoms in total. The van der Waals surface area contributed by atoms with Crippen molar-refractivity contribution in [2.45, 2.75) is 38.3 Å². The highest BCUT2D eigenvalue weighted by molar-refractivity contribution is 7.92. The number of sulfonamides is 1. The predicted molar refractivity (Wildman–Crippen MR) is 144 cm³/mol. The second-order valence-corrected chi connectivity index (χ2v) is 10.4. The van der Waals surface area contributed by atoms with E-state index in [1.54, 1.807) is 50.2 Å². The Morgan fingerprint density at radius 2 is 1.57 bits per heavy atom. The van der Waals surface area contributed by atoms with Crippen LogP contribution in [0.5, 0.6) is 5.75 Å². The van der Waals surface area contributed by atoms with Gasteiger partial charge in [-0.25, -0.2) is 8.42 Å². The summed E-state index contributed by atoms with van der Waals surface area (Å²) in [5.41, 5.74) is 1.96. The molecule has 0 unspecified atom stereocenters. The third-order valence-corrected chi connectivity index (χ3v) is 7.71. The van der Waals surface area contributed by atoms with Crippen molar-refractivity contribution in [3.05, 3.63) is 90.0 Å². The van der Waals surface area contributed by atoms with E-state index in [-0.39, 0.29) is 23.0 Å². The van der Waals surface area contributed by atoms with Crippen molar-refractivity contribution in [2.75, 3.05) is 24.5 Å². The number of ether oxygens (including phenoxy) is 1. The Hall–Kier alpha value is -3.85. The van der Waals surface area contributed by atoms with Gasteiger partial charge in [-0.05, 0) is 50.6 Å². The zero-order valence-corrected chi connectivity index (χ0v) is 22.4. The number of hydrogen-bond acceptors (Lipinski definition) is 5. The number of hydrogen-bond donors (Lipinski definition) is 1. The monoisotopic (exact) mass is 523 g/mol. The van der Waals surface area contributed by atoms with Gasteiger partial charge in [0.1, 0.15) is 18.3 Å². The Balaban J connectivity index is 2.08. The zero-order valence-electron chi connectivity index (χ0n) is 21.5. The lowest BCUT2D eigenvalue weighted by molar-refractivity contribution is -0.139. The van der Waals surface area contributed by atoms with Crippen molar-refractivity contribution < 1.29 is 22.7 Å². The summed E-state index contributed by atoms with van der Waals surface area (Å²) >= 11 is 0. The van der Waals surface area contributed by atoms with Gasteiger partial charge in [0.2, 0.25) is 11.8 Å². The average Bonchev–Trinajstić information content (AvgIpc) is 2.90. The lowest BCUT2D eigenvalue weighted by atomic mass is 10.1. The minimum atomic E-state index is -4.16. The largest absolute Gasteiger partial charge is 0.492 e. The molecule has 0 radical (unpaired) electrons. The van der Waals surface area contributed by atoms with Gasteiger partial charge in [-0.1, -0.05) is 60.2 Å². The Labute approximate surface area is 218 Å². The second-order valence-electron chi connectivity index (χ2n) is 8.52. The highest BCUT2D eigenvalue weighted by atomic mass is 32.2. The molecule has 3 aromatic carbocycles. The van der Waals surface area contributed by atoms with Crippen molar-refractivity contribution >= 4 is 27.5 Å². The third-order valence-electron chi connectivity index (χ3n) is 5.93. The topological polar surface area (TPSA) is 96.0 Å². The molecule has 0 aliphatic carbocycles. The second kappa shape index (κ2) is 12.4. The highest BCUT2D eigenvalue weighted by Gasteiger charge is 2.33.